The average Bonchev–Trinajstić information content (AvgIpc) is 2.72. The highest BCUT2D eigenvalue weighted by Gasteiger charge is 2.39. The smallest absolute Gasteiger partial charge is 0.316 e. The Balaban J connectivity index is 2.03. The molecule has 3 rings (SSSR count). The molecular formula is C20H22O4. The molecule has 1 saturated heterocycles. The fourth-order valence-electron chi connectivity index (χ4n) is 2.93. The number of ether oxygens (including phenoxy) is 3. The lowest BCUT2D eigenvalue weighted by molar-refractivity contribution is -0.149. The van der Waals surface area contributed by atoms with E-state index in [0.717, 1.165) is 16.9 Å². The fraction of sp³-hybridized carbons (Fsp3) is 0.350. The van der Waals surface area contributed by atoms with Gasteiger partial charge in [-0.15, -0.1) is 0 Å². The van der Waals surface area contributed by atoms with Gasteiger partial charge in [-0.05, 0) is 37.1 Å². The van der Waals surface area contributed by atoms with E-state index >= 15 is 0 Å². The Hall–Kier alpha value is -2.33. The fourth-order valence-corrected chi connectivity index (χ4v) is 2.93. The summed E-state index contributed by atoms with van der Waals surface area (Å²) in [5, 5.41) is 0. The van der Waals surface area contributed by atoms with Crippen molar-refractivity contribution in [2.45, 2.75) is 38.1 Å². The van der Waals surface area contributed by atoms with Crippen molar-refractivity contribution < 1.29 is 19.0 Å². The molecule has 1 aliphatic heterocycles. The summed E-state index contributed by atoms with van der Waals surface area (Å²) in [7, 11) is 1.63. The van der Waals surface area contributed by atoms with Crippen LogP contribution in [0.3, 0.4) is 0 Å². The molecule has 2 aromatic rings. The number of esters is 1. The van der Waals surface area contributed by atoms with E-state index in [0.29, 0.717) is 0 Å². The van der Waals surface area contributed by atoms with E-state index in [4.69, 9.17) is 14.2 Å². The number of carbonyl (C=O) groups is 1. The van der Waals surface area contributed by atoms with Gasteiger partial charge in [-0.3, -0.25) is 4.79 Å². The molecule has 4 atom stereocenters. The molecular weight excluding hydrogens is 304 g/mol. The van der Waals surface area contributed by atoms with Gasteiger partial charge in [-0.2, -0.15) is 0 Å². The monoisotopic (exact) mass is 326 g/mol. The summed E-state index contributed by atoms with van der Waals surface area (Å²) in [6, 6.07) is 17.3. The van der Waals surface area contributed by atoms with Crippen LogP contribution in [-0.2, 0) is 14.3 Å². The van der Waals surface area contributed by atoms with Gasteiger partial charge in [-0.25, -0.2) is 0 Å². The number of rotatable bonds is 3. The van der Waals surface area contributed by atoms with Crippen molar-refractivity contribution in [3.63, 3.8) is 0 Å². The summed E-state index contributed by atoms with van der Waals surface area (Å²) in [5.41, 5.74) is 1.83. The van der Waals surface area contributed by atoms with Crippen LogP contribution in [0.5, 0.6) is 5.75 Å². The number of hydrogen-bond acceptors (Lipinski definition) is 4. The van der Waals surface area contributed by atoms with Crippen LogP contribution in [0, 0.1) is 0 Å². The average molecular weight is 326 g/mol. The maximum absolute atomic E-state index is 12.8. The summed E-state index contributed by atoms with van der Waals surface area (Å²) in [6.45, 7) is 3.79. The first-order valence-electron chi connectivity index (χ1n) is 8.15. The first-order valence-corrected chi connectivity index (χ1v) is 8.15. The van der Waals surface area contributed by atoms with Crippen LogP contribution < -0.4 is 4.74 Å². The summed E-state index contributed by atoms with van der Waals surface area (Å²) in [5.74, 6) is 0.0264. The molecule has 24 heavy (non-hydrogen) atoms. The molecule has 1 fully saturated rings. The Morgan fingerprint density at radius 1 is 0.875 bits per heavy atom. The van der Waals surface area contributed by atoms with Gasteiger partial charge in [0, 0.05) is 0 Å². The zero-order valence-electron chi connectivity index (χ0n) is 14.1. The van der Waals surface area contributed by atoms with E-state index in [1.165, 1.54) is 0 Å². The van der Waals surface area contributed by atoms with Gasteiger partial charge in [0.25, 0.3) is 0 Å². The molecule has 0 unspecified atom stereocenters. The van der Waals surface area contributed by atoms with E-state index in [9.17, 15) is 4.79 Å². The SMILES string of the molecule is COc1ccc([C@H]2O[C@@H](C)[C@H](C)OC(=O)[C@@H]2c2ccccc2)cc1. The number of carbonyl (C=O) groups excluding carboxylic acids is 1. The second-order valence-electron chi connectivity index (χ2n) is 6.07. The van der Waals surface area contributed by atoms with Crippen molar-refractivity contribution in [1.82, 2.24) is 0 Å². The topological polar surface area (TPSA) is 44.8 Å². The molecule has 1 aliphatic rings. The summed E-state index contributed by atoms with van der Waals surface area (Å²) in [6.07, 6.45) is -0.868. The van der Waals surface area contributed by atoms with Crippen LogP contribution >= 0.6 is 0 Å². The maximum atomic E-state index is 12.8. The van der Waals surface area contributed by atoms with Gasteiger partial charge in [0.15, 0.2) is 0 Å². The number of benzene rings is 2. The summed E-state index contributed by atoms with van der Waals surface area (Å²) >= 11 is 0. The molecule has 0 radical (unpaired) electrons. The third-order valence-electron chi connectivity index (χ3n) is 4.48. The Labute approximate surface area is 142 Å². The summed E-state index contributed by atoms with van der Waals surface area (Å²) in [4.78, 5) is 12.8. The predicted molar refractivity (Wildman–Crippen MR) is 91.0 cm³/mol. The second-order valence-corrected chi connectivity index (χ2v) is 6.07. The molecule has 1 heterocycles. The Morgan fingerprint density at radius 2 is 1.54 bits per heavy atom. The van der Waals surface area contributed by atoms with Gasteiger partial charge in [0.1, 0.15) is 23.9 Å². The Kier molecular flexibility index (Phi) is 4.86. The highest BCUT2D eigenvalue weighted by atomic mass is 16.6. The highest BCUT2D eigenvalue weighted by Crippen LogP contribution is 2.39. The third kappa shape index (κ3) is 3.29. The van der Waals surface area contributed by atoms with Crippen molar-refractivity contribution in [1.29, 1.82) is 0 Å². The van der Waals surface area contributed by atoms with E-state index in [1.807, 2.05) is 68.4 Å². The normalized spacial score (nSPS) is 27.2. The van der Waals surface area contributed by atoms with E-state index in [2.05, 4.69) is 0 Å². The first-order chi connectivity index (χ1) is 11.6. The van der Waals surface area contributed by atoms with Crippen LogP contribution in [0.15, 0.2) is 54.6 Å². The second kappa shape index (κ2) is 7.05. The van der Waals surface area contributed by atoms with Crippen LogP contribution in [0.4, 0.5) is 0 Å². The zero-order valence-corrected chi connectivity index (χ0v) is 14.1. The maximum Gasteiger partial charge on any atom is 0.316 e. The standard InChI is InChI=1S/C20H22O4/c1-13-14(2)24-20(21)18(15-7-5-4-6-8-15)19(23-13)16-9-11-17(22-3)12-10-16/h4-14,18-19H,1-3H3/t13-,14-,18+,19+/m0/s1. The molecule has 0 bridgehead atoms. The molecule has 0 saturated carbocycles. The molecule has 126 valence electrons. The van der Waals surface area contributed by atoms with Gasteiger partial charge >= 0.3 is 5.97 Å². The van der Waals surface area contributed by atoms with E-state index < -0.39 is 12.0 Å². The van der Waals surface area contributed by atoms with Crippen molar-refractivity contribution in [2.75, 3.05) is 7.11 Å². The molecule has 0 spiro atoms. The van der Waals surface area contributed by atoms with Gasteiger partial charge in [0.2, 0.25) is 0 Å². The minimum atomic E-state index is -0.494. The minimum absolute atomic E-state index is 0.185. The summed E-state index contributed by atoms with van der Waals surface area (Å²) < 4.78 is 17.1. The van der Waals surface area contributed by atoms with Crippen molar-refractivity contribution in [2.24, 2.45) is 0 Å². The number of methoxy groups -OCH3 is 1. The highest BCUT2D eigenvalue weighted by molar-refractivity contribution is 5.79. The zero-order chi connectivity index (χ0) is 17.1. The van der Waals surface area contributed by atoms with Crippen molar-refractivity contribution in [3.05, 3.63) is 65.7 Å². The molecule has 0 N–H and O–H groups in total. The van der Waals surface area contributed by atoms with Gasteiger partial charge in [-0.1, -0.05) is 42.5 Å². The number of cyclic esters (lactones) is 1. The van der Waals surface area contributed by atoms with Crippen LogP contribution in [0.1, 0.15) is 37.0 Å². The number of hydrogen-bond donors (Lipinski definition) is 0. The Morgan fingerprint density at radius 3 is 2.17 bits per heavy atom. The molecule has 2 aromatic carbocycles. The quantitative estimate of drug-likeness (QED) is 0.803. The van der Waals surface area contributed by atoms with Crippen LogP contribution in [-0.4, -0.2) is 25.3 Å². The van der Waals surface area contributed by atoms with Crippen LogP contribution in [0.25, 0.3) is 0 Å². The molecule has 4 nitrogen and oxygen atoms in total. The predicted octanol–water partition coefficient (Wildman–Crippen LogP) is 3.87. The van der Waals surface area contributed by atoms with E-state index in [-0.39, 0.29) is 18.2 Å². The van der Waals surface area contributed by atoms with Crippen LogP contribution in [0.2, 0.25) is 0 Å². The Bertz CT molecular complexity index is 681. The largest absolute Gasteiger partial charge is 0.497 e. The molecule has 0 aromatic heterocycles. The van der Waals surface area contributed by atoms with Crippen molar-refractivity contribution in [3.8, 4) is 5.75 Å². The minimum Gasteiger partial charge on any atom is -0.497 e. The molecule has 4 heteroatoms. The first kappa shape index (κ1) is 16.5. The molecule has 0 amide bonds. The van der Waals surface area contributed by atoms with E-state index in [1.54, 1.807) is 7.11 Å². The lowest BCUT2D eigenvalue weighted by Gasteiger charge is -2.25. The molecule has 0 aliphatic carbocycles. The van der Waals surface area contributed by atoms with Gasteiger partial charge < -0.3 is 14.2 Å². The third-order valence-corrected chi connectivity index (χ3v) is 4.48. The van der Waals surface area contributed by atoms with Crippen molar-refractivity contribution >= 4 is 5.97 Å². The lowest BCUT2D eigenvalue weighted by atomic mass is 9.89. The lowest BCUT2D eigenvalue weighted by Crippen LogP contribution is -2.25. The van der Waals surface area contributed by atoms with Gasteiger partial charge in [0.05, 0.1) is 13.2 Å².